The van der Waals surface area contributed by atoms with Crippen LogP contribution in [0, 0.1) is 13.8 Å². The third-order valence-electron chi connectivity index (χ3n) is 3.85. The van der Waals surface area contributed by atoms with Crippen LogP contribution < -0.4 is 0 Å². The third-order valence-corrected chi connectivity index (χ3v) is 3.85. The zero-order valence-electron chi connectivity index (χ0n) is 12.3. The van der Waals surface area contributed by atoms with Crippen molar-refractivity contribution in [3.8, 4) is 0 Å². The van der Waals surface area contributed by atoms with Crippen LogP contribution in [-0.2, 0) is 0 Å². The van der Waals surface area contributed by atoms with Gasteiger partial charge in [0, 0.05) is 30.9 Å². The maximum atomic E-state index is 12.5. The van der Waals surface area contributed by atoms with Gasteiger partial charge in [-0.3, -0.25) is 9.89 Å². The van der Waals surface area contributed by atoms with Crippen LogP contribution in [-0.4, -0.2) is 44.1 Å². The molecule has 0 aromatic carbocycles. The molecule has 2 aromatic rings. The molecular formula is C15H19N5O. The monoisotopic (exact) mass is 285 g/mol. The van der Waals surface area contributed by atoms with Crippen molar-refractivity contribution in [1.29, 1.82) is 0 Å². The Bertz CT molecular complexity index is 651. The van der Waals surface area contributed by atoms with Gasteiger partial charge in [-0.1, -0.05) is 0 Å². The Morgan fingerprint density at radius 2 is 2.29 bits per heavy atom. The smallest absolute Gasteiger partial charge is 0.272 e. The number of rotatable bonds is 2. The lowest BCUT2D eigenvalue weighted by Crippen LogP contribution is -2.39. The van der Waals surface area contributed by atoms with E-state index in [-0.39, 0.29) is 5.91 Å². The van der Waals surface area contributed by atoms with E-state index in [0.29, 0.717) is 24.0 Å². The molecule has 1 atom stereocenters. The number of aryl methyl sites for hydroxylation is 2. The van der Waals surface area contributed by atoms with E-state index < -0.39 is 0 Å². The quantitative estimate of drug-likeness (QED) is 0.913. The summed E-state index contributed by atoms with van der Waals surface area (Å²) in [6.45, 7) is 5.27. The van der Waals surface area contributed by atoms with Crippen molar-refractivity contribution in [3.63, 3.8) is 0 Å². The Labute approximate surface area is 123 Å². The number of nitrogens with one attached hydrogen (secondary N) is 1. The molecule has 2 aromatic heterocycles. The number of likely N-dealkylation sites (tertiary alicyclic amines) is 1. The molecule has 1 aliphatic rings. The summed E-state index contributed by atoms with van der Waals surface area (Å²) in [4.78, 5) is 22.7. The van der Waals surface area contributed by atoms with Gasteiger partial charge >= 0.3 is 0 Å². The maximum Gasteiger partial charge on any atom is 0.272 e. The fourth-order valence-electron chi connectivity index (χ4n) is 2.79. The first kappa shape index (κ1) is 13.7. The highest BCUT2D eigenvalue weighted by molar-refractivity contribution is 5.92. The number of H-pyrrole nitrogens is 1. The highest BCUT2D eigenvalue weighted by Gasteiger charge is 2.27. The van der Waals surface area contributed by atoms with Gasteiger partial charge in [0.1, 0.15) is 11.5 Å². The molecule has 0 aliphatic carbocycles. The van der Waals surface area contributed by atoms with Crippen molar-refractivity contribution >= 4 is 5.91 Å². The summed E-state index contributed by atoms with van der Waals surface area (Å²) in [6, 6.07) is 3.74. The standard InChI is InChI=1S/C15H19N5O/c1-10-8-14(19-18-10)12-4-3-7-20(9-12)15(21)13-5-6-16-11(2)17-13/h5-6,8,12H,3-4,7,9H2,1-2H3,(H,18,19)/t12-/m1/s1. The van der Waals surface area contributed by atoms with Crippen LogP contribution >= 0.6 is 0 Å². The number of amides is 1. The molecule has 6 nitrogen and oxygen atoms in total. The predicted octanol–water partition coefficient (Wildman–Crippen LogP) is 1.84. The molecule has 1 N–H and O–H groups in total. The summed E-state index contributed by atoms with van der Waals surface area (Å²) in [7, 11) is 0. The van der Waals surface area contributed by atoms with Crippen molar-refractivity contribution in [2.75, 3.05) is 13.1 Å². The Balaban J connectivity index is 1.75. The van der Waals surface area contributed by atoms with Crippen LogP contribution in [0.5, 0.6) is 0 Å². The lowest BCUT2D eigenvalue weighted by atomic mass is 9.94. The van der Waals surface area contributed by atoms with E-state index in [2.05, 4.69) is 26.2 Å². The van der Waals surface area contributed by atoms with Gasteiger partial charge in [-0.2, -0.15) is 5.10 Å². The Kier molecular flexibility index (Phi) is 3.68. The van der Waals surface area contributed by atoms with Gasteiger partial charge in [0.05, 0.1) is 5.69 Å². The van der Waals surface area contributed by atoms with Gasteiger partial charge in [-0.25, -0.2) is 9.97 Å². The second-order valence-electron chi connectivity index (χ2n) is 5.56. The molecule has 0 saturated carbocycles. The van der Waals surface area contributed by atoms with E-state index in [4.69, 9.17) is 0 Å². The molecule has 6 heteroatoms. The fourth-order valence-corrected chi connectivity index (χ4v) is 2.79. The minimum Gasteiger partial charge on any atom is -0.337 e. The summed E-state index contributed by atoms with van der Waals surface area (Å²) in [5.41, 5.74) is 2.57. The highest BCUT2D eigenvalue weighted by atomic mass is 16.2. The minimum absolute atomic E-state index is 0.0162. The highest BCUT2D eigenvalue weighted by Crippen LogP contribution is 2.26. The molecule has 1 aliphatic heterocycles. The van der Waals surface area contributed by atoms with Crippen LogP contribution in [0.2, 0.25) is 0 Å². The number of piperidine rings is 1. The zero-order valence-corrected chi connectivity index (χ0v) is 12.3. The zero-order chi connectivity index (χ0) is 14.8. The van der Waals surface area contributed by atoms with E-state index in [1.165, 1.54) is 0 Å². The van der Waals surface area contributed by atoms with Gasteiger partial charge in [0.25, 0.3) is 5.91 Å². The number of aromatic nitrogens is 4. The van der Waals surface area contributed by atoms with E-state index >= 15 is 0 Å². The maximum absolute atomic E-state index is 12.5. The van der Waals surface area contributed by atoms with Crippen molar-refractivity contribution in [2.45, 2.75) is 32.6 Å². The number of carbonyl (C=O) groups excluding carboxylic acids is 1. The van der Waals surface area contributed by atoms with E-state index in [1.807, 2.05) is 11.8 Å². The number of hydrogen-bond acceptors (Lipinski definition) is 4. The topological polar surface area (TPSA) is 74.8 Å². The molecule has 110 valence electrons. The van der Waals surface area contributed by atoms with Crippen molar-refractivity contribution in [2.24, 2.45) is 0 Å². The molecule has 3 rings (SSSR count). The van der Waals surface area contributed by atoms with E-state index in [1.54, 1.807) is 19.2 Å². The fraction of sp³-hybridized carbons (Fsp3) is 0.467. The van der Waals surface area contributed by atoms with Crippen LogP contribution in [0.1, 0.15) is 46.5 Å². The van der Waals surface area contributed by atoms with Crippen molar-refractivity contribution in [3.05, 3.63) is 41.2 Å². The molecule has 0 spiro atoms. The number of aromatic amines is 1. The van der Waals surface area contributed by atoms with Gasteiger partial charge in [-0.05, 0) is 38.8 Å². The molecule has 1 amide bonds. The first-order valence-electron chi connectivity index (χ1n) is 7.24. The molecule has 0 unspecified atom stereocenters. The number of carbonyl (C=O) groups is 1. The van der Waals surface area contributed by atoms with Crippen molar-refractivity contribution in [1.82, 2.24) is 25.1 Å². The number of nitrogens with zero attached hydrogens (tertiary/aromatic N) is 4. The summed E-state index contributed by atoms with van der Waals surface area (Å²) in [5, 5.41) is 7.31. The Morgan fingerprint density at radius 1 is 1.43 bits per heavy atom. The average Bonchev–Trinajstić information content (AvgIpc) is 2.93. The summed E-state index contributed by atoms with van der Waals surface area (Å²) in [6.07, 6.45) is 3.69. The molecule has 21 heavy (non-hydrogen) atoms. The summed E-state index contributed by atoms with van der Waals surface area (Å²) in [5.74, 6) is 0.908. The first-order valence-corrected chi connectivity index (χ1v) is 7.24. The van der Waals surface area contributed by atoms with Gasteiger partial charge < -0.3 is 4.90 Å². The molecule has 1 fully saturated rings. The second-order valence-corrected chi connectivity index (χ2v) is 5.56. The van der Waals surface area contributed by atoms with E-state index in [9.17, 15) is 4.79 Å². The lowest BCUT2D eigenvalue weighted by molar-refractivity contribution is 0.0699. The average molecular weight is 285 g/mol. The lowest BCUT2D eigenvalue weighted by Gasteiger charge is -2.31. The molecular weight excluding hydrogens is 266 g/mol. The largest absolute Gasteiger partial charge is 0.337 e. The molecule has 3 heterocycles. The summed E-state index contributed by atoms with van der Waals surface area (Å²) < 4.78 is 0. The number of hydrogen-bond donors (Lipinski definition) is 1. The van der Waals surface area contributed by atoms with Gasteiger partial charge in [0.2, 0.25) is 0 Å². The molecule has 0 radical (unpaired) electrons. The second kappa shape index (κ2) is 5.63. The summed E-state index contributed by atoms with van der Waals surface area (Å²) >= 11 is 0. The Hall–Kier alpha value is -2.24. The molecule has 0 bridgehead atoms. The predicted molar refractivity (Wildman–Crippen MR) is 78.0 cm³/mol. The minimum atomic E-state index is -0.0162. The normalized spacial score (nSPS) is 18.8. The van der Waals surface area contributed by atoms with Crippen LogP contribution in [0.15, 0.2) is 18.3 Å². The van der Waals surface area contributed by atoms with Gasteiger partial charge in [-0.15, -0.1) is 0 Å². The SMILES string of the molecule is Cc1nccc(C(=O)N2CCC[C@@H](c3cc(C)[nH]n3)C2)n1. The van der Waals surface area contributed by atoms with Crippen molar-refractivity contribution < 1.29 is 4.79 Å². The van der Waals surface area contributed by atoms with Crippen LogP contribution in [0.4, 0.5) is 0 Å². The van der Waals surface area contributed by atoms with Crippen LogP contribution in [0.25, 0.3) is 0 Å². The van der Waals surface area contributed by atoms with E-state index in [0.717, 1.165) is 30.8 Å². The van der Waals surface area contributed by atoms with Gasteiger partial charge in [0.15, 0.2) is 0 Å². The van der Waals surface area contributed by atoms with Crippen LogP contribution in [0.3, 0.4) is 0 Å². The first-order chi connectivity index (χ1) is 10.1. The Morgan fingerprint density at radius 3 is 3.00 bits per heavy atom. The third kappa shape index (κ3) is 2.94. The molecule has 1 saturated heterocycles.